The smallest absolute Gasteiger partial charge is 0.275 e. The van der Waals surface area contributed by atoms with Crippen LogP contribution in [0.5, 0.6) is 34.5 Å². The fourth-order valence-electron chi connectivity index (χ4n) is 8.18. The van der Waals surface area contributed by atoms with Gasteiger partial charge in [0.2, 0.25) is 18.1 Å². The molecular formula is C58H64O8P4. The third-order valence-corrected chi connectivity index (χ3v) is 14.6. The highest BCUT2D eigenvalue weighted by atomic mass is 31.1. The lowest BCUT2D eigenvalue weighted by Crippen LogP contribution is -2.02. The van der Waals surface area contributed by atoms with E-state index in [1.54, 1.807) is 0 Å². The molecule has 0 saturated carbocycles. The molecule has 0 aliphatic heterocycles. The monoisotopic (exact) mass is 1010 g/mol. The van der Waals surface area contributed by atoms with Gasteiger partial charge in [0.15, 0.2) is 0 Å². The van der Waals surface area contributed by atoms with Gasteiger partial charge in [0, 0.05) is 21.9 Å². The molecule has 0 bridgehead atoms. The Labute approximate surface area is 421 Å². The predicted octanol–water partition coefficient (Wildman–Crippen LogP) is 17.7. The maximum atomic E-state index is 6.54. The zero-order valence-corrected chi connectivity index (χ0v) is 45.8. The zero-order valence-electron chi connectivity index (χ0n) is 41.8. The quantitative estimate of drug-likeness (QED) is 0.0552. The molecule has 4 atom stereocenters. The van der Waals surface area contributed by atoms with Crippen LogP contribution in [-0.2, 0) is 9.05 Å². The Balaban J connectivity index is 0.000000237. The second-order valence-corrected chi connectivity index (χ2v) is 20.0. The van der Waals surface area contributed by atoms with Gasteiger partial charge in [-0.3, -0.25) is 0 Å². The van der Waals surface area contributed by atoms with Crippen molar-refractivity contribution in [1.29, 1.82) is 0 Å². The fourth-order valence-corrected chi connectivity index (χ4v) is 10.7. The van der Waals surface area contributed by atoms with E-state index in [-0.39, 0.29) is 36.1 Å². The largest absolute Gasteiger partial charge is 0.449 e. The number of hydrogen-bond donors (Lipinski definition) is 0. The lowest BCUT2D eigenvalue weighted by Gasteiger charge is -2.24. The molecule has 0 fully saturated rings. The third-order valence-electron chi connectivity index (χ3n) is 12.1. The van der Waals surface area contributed by atoms with Gasteiger partial charge in [0.1, 0.15) is 34.5 Å². The number of fused-ring (bicyclic) bond motifs is 2. The minimum absolute atomic E-state index is 0.0298. The highest BCUT2D eigenvalue weighted by molar-refractivity contribution is 7.27. The van der Waals surface area contributed by atoms with Gasteiger partial charge >= 0.3 is 0 Å². The molecule has 0 aromatic heterocycles. The van der Waals surface area contributed by atoms with Crippen molar-refractivity contribution in [3.8, 4) is 45.6 Å². The summed E-state index contributed by atoms with van der Waals surface area (Å²) < 4.78 is 48.0. The first-order valence-corrected chi connectivity index (χ1v) is 26.7. The Kier molecular flexibility index (Phi) is 19.3. The molecule has 0 aliphatic carbocycles. The summed E-state index contributed by atoms with van der Waals surface area (Å²) in [7, 11) is -0.384. The summed E-state index contributed by atoms with van der Waals surface area (Å²) in [5, 5.41) is 4.40. The van der Waals surface area contributed by atoms with E-state index in [9.17, 15) is 0 Å². The van der Waals surface area contributed by atoms with E-state index in [4.69, 9.17) is 36.2 Å². The number of rotatable bonds is 20. The van der Waals surface area contributed by atoms with E-state index in [2.05, 4.69) is 116 Å². The molecule has 364 valence electrons. The fraction of sp³-hybridized carbons (Fsp3) is 0.241. The van der Waals surface area contributed by atoms with Gasteiger partial charge in [-0.2, -0.15) is 0 Å². The summed E-state index contributed by atoms with van der Waals surface area (Å²) in [5.41, 5.74) is 13.6. The van der Waals surface area contributed by atoms with Crippen molar-refractivity contribution in [2.75, 3.05) is 13.2 Å². The van der Waals surface area contributed by atoms with Crippen LogP contribution in [0.4, 0.5) is 0 Å². The minimum atomic E-state index is -0.222. The molecule has 8 aromatic carbocycles. The van der Waals surface area contributed by atoms with Crippen LogP contribution >= 0.6 is 36.1 Å². The summed E-state index contributed by atoms with van der Waals surface area (Å²) >= 11 is 0. The van der Waals surface area contributed by atoms with Crippen molar-refractivity contribution >= 4 is 57.7 Å². The highest BCUT2D eigenvalue weighted by Gasteiger charge is 2.24. The van der Waals surface area contributed by atoms with Gasteiger partial charge in [-0.15, -0.1) is 0 Å². The van der Waals surface area contributed by atoms with Gasteiger partial charge in [-0.1, -0.05) is 120 Å². The molecular weight excluding hydrogens is 949 g/mol. The SMILES string of the molecule is Cc1cc(C)c(OPOc2cccc3ccccc23)c(-c2c(C)c(C)cc(C)c2OPOc2cccc3ccccc23)c1C.Cc1ccc(OPOCCCCOPOc2ccc(C)cc2C)c(C)c1. The van der Waals surface area contributed by atoms with Gasteiger partial charge in [0.25, 0.3) is 18.1 Å². The normalized spacial score (nSPS) is 11.7. The molecule has 0 radical (unpaired) electrons. The van der Waals surface area contributed by atoms with Crippen LogP contribution in [0, 0.1) is 69.2 Å². The van der Waals surface area contributed by atoms with Gasteiger partial charge in [0.05, 0.1) is 13.2 Å². The molecule has 4 unspecified atom stereocenters. The molecule has 8 aromatic rings. The Morgan fingerprint density at radius 3 is 1.13 bits per heavy atom. The van der Waals surface area contributed by atoms with Crippen LogP contribution in [0.25, 0.3) is 32.7 Å². The standard InChI is InChI=1S/C38H36O4P2.C20H28O4P2/c1-23-21-25(3)37(41-43-39-33-19-11-15-29-13-7-9-17-31(29)33)35(27(23)5)36-28(6)24(2)22-26(4)38(36)42-44-40-34-20-12-16-30-14-8-10-18-32(30)34;1-15-7-9-19(17(3)13-15)23-25-21-11-5-6-12-22-26-24-20-10-8-16(2)14-18(20)4/h7-22,43-44H,1-6H3;7-10,13-14,25-26H,5-6,11-12H2,1-4H3. The second-order valence-electron chi connectivity index (χ2n) is 17.5. The van der Waals surface area contributed by atoms with Crippen LogP contribution in [0.2, 0.25) is 0 Å². The Morgan fingerprint density at radius 2 is 0.714 bits per heavy atom. The van der Waals surface area contributed by atoms with E-state index in [1.165, 1.54) is 22.3 Å². The van der Waals surface area contributed by atoms with E-state index in [0.29, 0.717) is 13.2 Å². The molecule has 0 amide bonds. The van der Waals surface area contributed by atoms with Gasteiger partial charge in [-0.05, 0) is 162 Å². The Hall–Kier alpha value is -5.28. The van der Waals surface area contributed by atoms with Crippen molar-refractivity contribution < 1.29 is 36.2 Å². The third kappa shape index (κ3) is 13.8. The molecule has 0 N–H and O–H groups in total. The average Bonchev–Trinajstić information content (AvgIpc) is 3.34. The Bertz CT molecular complexity index is 2830. The van der Waals surface area contributed by atoms with E-state index in [1.807, 2.05) is 86.6 Å². The molecule has 0 aliphatic rings. The van der Waals surface area contributed by atoms with Crippen LogP contribution in [-0.4, -0.2) is 13.2 Å². The van der Waals surface area contributed by atoms with Crippen molar-refractivity contribution in [3.05, 3.63) is 189 Å². The summed E-state index contributed by atoms with van der Waals surface area (Å²) in [6, 6.07) is 45.3. The van der Waals surface area contributed by atoms with E-state index >= 15 is 0 Å². The predicted molar refractivity (Wildman–Crippen MR) is 298 cm³/mol. The van der Waals surface area contributed by atoms with Crippen LogP contribution < -0.4 is 27.1 Å². The first-order valence-electron chi connectivity index (χ1n) is 23.5. The molecule has 8 rings (SSSR count). The summed E-state index contributed by atoms with van der Waals surface area (Å²) in [5.74, 6) is 5.01. The number of benzene rings is 8. The molecule has 0 heterocycles. The first-order chi connectivity index (χ1) is 33.9. The van der Waals surface area contributed by atoms with Crippen molar-refractivity contribution in [2.45, 2.75) is 82.1 Å². The average molecular weight is 1010 g/mol. The van der Waals surface area contributed by atoms with Crippen molar-refractivity contribution in [2.24, 2.45) is 0 Å². The van der Waals surface area contributed by atoms with Crippen LogP contribution in [0.3, 0.4) is 0 Å². The zero-order chi connectivity index (χ0) is 49.6. The first kappa shape index (κ1) is 52.5. The number of aryl methyl sites for hydroxylation is 8. The molecule has 8 nitrogen and oxygen atoms in total. The minimum Gasteiger partial charge on any atom is -0.449 e. The summed E-state index contributed by atoms with van der Waals surface area (Å²) in [6.45, 7) is 22.4. The van der Waals surface area contributed by atoms with E-state index < -0.39 is 0 Å². The highest BCUT2D eigenvalue weighted by Crippen LogP contribution is 2.49. The second kappa shape index (κ2) is 25.7. The lowest BCUT2D eigenvalue weighted by molar-refractivity contribution is 0.279. The summed E-state index contributed by atoms with van der Waals surface area (Å²) in [4.78, 5) is 0. The van der Waals surface area contributed by atoms with Gasteiger partial charge < -0.3 is 36.2 Å². The maximum Gasteiger partial charge on any atom is 0.275 e. The van der Waals surface area contributed by atoms with Crippen LogP contribution in [0.15, 0.2) is 133 Å². The molecule has 0 spiro atoms. The van der Waals surface area contributed by atoms with Crippen LogP contribution in [0.1, 0.15) is 68.5 Å². The summed E-state index contributed by atoms with van der Waals surface area (Å²) in [6.07, 6.45) is 1.88. The molecule has 12 heteroatoms. The number of unbranched alkanes of at least 4 members (excludes halogenated alkanes) is 1. The van der Waals surface area contributed by atoms with Crippen molar-refractivity contribution in [3.63, 3.8) is 0 Å². The lowest BCUT2D eigenvalue weighted by atomic mass is 9.87. The maximum absolute atomic E-state index is 6.54. The topological polar surface area (TPSA) is 73.8 Å². The van der Waals surface area contributed by atoms with E-state index in [0.717, 1.165) is 113 Å². The number of hydrogen-bond acceptors (Lipinski definition) is 8. The van der Waals surface area contributed by atoms with Crippen molar-refractivity contribution in [1.82, 2.24) is 0 Å². The van der Waals surface area contributed by atoms with Gasteiger partial charge in [-0.25, -0.2) is 0 Å². The molecule has 0 saturated heterocycles. The molecule has 70 heavy (non-hydrogen) atoms. The Morgan fingerprint density at radius 1 is 0.329 bits per heavy atom.